The molecule has 1 aromatic heterocycles. The van der Waals surface area contributed by atoms with Crippen molar-refractivity contribution in [3.63, 3.8) is 0 Å². The van der Waals surface area contributed by atoms with Crippen molar-refractivity contribution in [2.75, 3.05) is 11.1 Å². The fraction of sp³-hybridized carbons (Fsp3) is 0.154. The first-order chi connectivity index (χ1) is 8.47. The zero-order valence-corrected chi connectivity index (χ0v) is 11.7. The van der Waals surface area contributed by atoms with Gasteiger partial charge >= 0.3 is 0 Å². The molecule has 0 saturated carbocycles. The van der Waals surface area contributed by atoms with Gasteiger partial charge in [0.05, 0.1) is 16.4 Å². The van der Waals surface area contributed by atoms with E-state index in [0.29, 0.717) is 21.7 Å². The molecule has 0 aliphatic carbocycles. The Morgan fingerprint density at radius 2 is 1.94 bits per heavy atom. The maximum Gasteiger partial charge on any atom is 0.139 e. The lowest BCUT2D eigenvalue weighted by Gasteiger charge is -2.12. The van der Waals surface area contributed by atoms with Crippen LogP contribution in [0.5, 0.6) is 0 Å². The molecule has 0 atom stereocenters. The maximum atomic E-state index is 13.5. The third-order valence-corrected chi connectivity index (χ3v) is 3.23. The van der Waals surface area contributed by atoms with Gasteiger partial charge in [-0.1, -0.05) is 0 Å². The van der Waals surface area contributed by atoms with Crippen LogP contribution in [0.4, 0.5) is 21.6 Å². The summed E-state index contributed by atoms with van der Waals surface area (Å²) in [5.74, 6) is 0.366. The molecule has 3 nitrogen and oxygen atoms in total. The lowest BCUT2D eigenvalue weighted by molar-refractivity contribution is 0.621. The van der Waals surface area contributed by atoms with Crippen LogP contribution < -0.4 is 11.1 Å². The molecule has 2 rings (SSSR count). The van der Waals surface area contributed by atoms with E-state index in [2.05, 4.69) is 26.2 Å². The molecular formula is C13H13BrFN3. The van der Waals surface area contributed by atoms with Crippen LogP contribution in [0.25, 0.3) is 0 Å². The van der Waals surface area contributed by atoms with E-state index in [1.807, 2.05) is 19.9 Å². The number of aromatic nitrogens is 1. The van der Waals surface area contributed by atoms with Crippen molar-refractivity contribution < 1.29 is 4.39 Å². The van der Waals surface area contributed by atoms with E-state index in [9.17, 15) is 4.39 Å². The van der Waals surface area contributed by atoms with Gasteiger partial charge in [-0.3, -0.25) is 0 Å². The van der Waals surface area contributed by atoms with Crippen molar-refractivity contribution in [3.8, 4) is 0 Å². The van der Waals surface area contributed by atoms with Gasteiger partial charge in [-0.05, 0) is 59.1 Å². The largest absolute Gasteiger partial charge is 0.397 e. The highest BCUT2D eigenvalue weighted by Crippen LogP contribution is 2.27. The van der Waals surface area contributed by atoms with Crippen molar-refractivity contribution in [1.82, 2.24) is 4.98 Å². The number of pyridine rings is 1. The van der Waals surface area contributed by atoms with Crippen LogP contribution in [-0.4, -0.2) is 4.98 Å². The molecule has 0 radical (unpaired) electrons. The molecule has 0 spiro atoms. The number of hydrogen-bond acceptors (Lipinski definition) is 3. The molecule has 2 aromatic rings. The average Bonchev–Trinajstić information content (AvgIpc) is 2.29. The molecule has 0 unspecified atom stereocenters. The van der Waals surface area contributed by atoms with E-state index >= 15 is 0 Å². The molecule has 94 valence electrons. The molecule has 1 heterocycles. The van der Waals surface area contributed by atoms with E-state index in [1.165, 1.54) is 6.07 Å². The smallest absolute Gasteiger partial charge is 0.139 e. The number of benzene rings is 1. The summed E-state index contributed by atoms with van der Waals surface area (Å²) in [6, 6.07) is 4.99. The van der Waals surface area contributed by atoms with Crippen LogP contribution in [-0.2, 0) is 0 Å². The van der Waals surface area contributed by atoms with Gasteiger partial charge in [0, 0.05) is 5.69 Å². The number of hydrogen-bond donors (Lipinski definition) is 2. The highest BCUT2D eigenvalue weighted by atomic mass is 79.9. The molecule has 0 fully saturated rings. The molecular weight excluding hydrogens is 297 g/mol. The topological polar surface area (TPSA) is 50.9 Å². The Morgan fingerprint density at radius 1 is 1.22 bits per heavy atom. The number of rotatable bonds is 2. The number of nitrogens with one attached hydrogen (secondary N) is 1. The molecule has 5 heteroatoms. The summed E-state index contributed by atoms with van der Waals surface area (Å²) in [7, 11) is 0. The average molecular weight is 310 g/mol. The fourth-order valence-electron chi connectivity index (χ4n) is 1.64. The second-order valence-corrected chi connectivity index (χ2v) is 4.99. The summed E-state index contributed by atoms with van der Waals surface area (Å²) in [5.41, 5.74) is 8.78. The van der Waals surface area contributed by atoms with Crippen LogP contribution in [0.15, 0.2) is 28.9 Å². The summed E-state index contributed by atoms with van der Waals surface area (Å²) in [4.78, 5) is 4.20. The van der Waals surface area contributed by atoms with Gasteiger partial charge in [0.25, 0.3) is 0 Å². The number of nitrogens with zero attached hydrogens (tertiary/aromatic N) is 1. The highest BCUT2D eigenvalue weighted by Gasteiger charge is 2.07. The molecule has 0 bridgehead atoms. The predicted molar refractivity (Wildman–Crippen MR) is 75.5 cm³/mol. The van der Waals surface area contributed by atoms with Gasteiger partial charge in [-0.2, -0.15) is 0 Å². The zero-order valence-electron chi connectivity index (χ0n) is 10.1. The van der Waals surface area contributed by atoms with Crippen molar-refractivity contribution in [3.05, 3.63) is 45.8 Å². The number of nitrogen functional groups attached to an aromatic ring is 1. The quantitative estimate of drug-likeness (QED) is 0.884. The van der Waals surface area contributed by atoms with Gasteiger partial charge in [-0.25, -0.2) is 9.37 Å². The summed E-state index contributed by atoms with van der Waals surface area (Å²) in [6.07, 6.45) is 1.57. The maximum absolute atomic E-state index is 13.5. The third kappa shape index (κ3) is 2.61. The Labute approximate surface area is 113 Å². The second-order valence-electron chi connectivity index (χ2n) is 4.14. The first-order valence-corrected chi connectivity index (χ1v) is 6.21. The van der Waals surface area contributed by atoms with E-state index in [0.717, 1.165) is 11.1 Å². The molecule has 3 N–H and O–H groups in total. The van der Waals surface area contributed by atoms with Crippen molar-refractivity contribution >= 4 is 33.1 Å². The molecule has 0 aliphatic heterocycles. The zero-order chi connectivity index (χ0) is 13.3. The van der Waals surface area contributed by atoms with Gasteiger partial charge in [-0.15, -0.1) is 0 Å². The van der Waals surface area contributed by atoms with Crippen LogP contribution in [0, 0.1) is 19.7 Å². The Morgan fingerprint density at radius 3 is 2.61 bits per heavy atom. The monoisotopic (exact) mass is 309 g/mol. The number of anilines is 3. The fourth-order valence-corrected chi connectivity index (χ4v) is 2.09. The minimum atomic E-state index is -0.309. The lowest BCUT2D eigenvalue weighted by Crippen LogP contribution is -2.00. The standard InChI is InChI=1S/C13H13BrFN3/c1-7-4-10(14)11(15)5-12(7)18-13-8(2)3-9(16)6-17-13/h3-6H,16H2,1-2H3,(H,17,18). The van der Waals surface area contributed by atoms with Gasteiger partial charge < -0.3 is 11.1 Å². The molecule has 0 saturated heterocycles. The normalized spacial score (nSPS) is 10.4. The number of aryl methyl sites for hydroxylation is 2. The van der Waals surface area contributed by atoms with Crippen molar-refractivity contribution in [1.29, 1.82) is 0 Å². The summed E-state index contributed by atoms with van der Waals surface area (Å²) in [6.45, 7) is 3.80. The predicted octanol–water partition coefficient (Wildman–Crippen LogP) is 3.93. The minimum Gasteiger partial charge on any atom is -0.397 e. The van der Waals surface area contributed by atoms with Gasteiger partial charge in [0.15, 0.2) is 0 Å². The molecule has 0 amide bonds. The van der Waals surface area contributed by atoms with Gasteiger partial charge in [0.2, 0.25) is 0 Å². The van der Waals surface area contributed by atoms with E-state index < -0.39 is 0 Å². The summed E-state index contributed by atoms with van der Waals surface area (Å²) >= 11 is 3.15. The molecule has 18 heavy (non-hydrogen) atoms. The van der Waals surface area contributed by atoms with Crippen LogP contribution in [0.1, 0.15) is 11.1 Å². The number of nitrogens with two attached hydrogens (primary N) is 1. The van der Waals surface area contributed by atoms with Gasteiger partial charge in [0.1, 0.15) is 11.6 Å². The third-order valence-electron chi connectivity index (χ3n) is 2.62. The van der Waals surface area contributed by atoms with Crippen LogP contribution in [0.3, 0.4) is 0 Å². The summed E-state index contributed by atoms with van der Waals surface area (Å²) < 4.78 is 14.0. The minimum absolute atomic E-state index is 0.309. The van der Waals surface area contributed by atoms with Crippen molar-refractivity contribution in [2.24, 2.45) is 0 Å². The van der Waals surface area contributed by atoms with Crippen molar-refractivity contribution in [2.45, 2.75) is 13.8 Å². The van der Waals surface area contributed by atoms with E-state index in [4.69, 9.17) is 5.73 Å². The molecule has 1 aromatic carbocycles. The highest BCUT2D eigenvalue weighted by molar-refractivity contribution is 9.10. The Balaban J connectivity index is 2.37. The Kier molecular flexibility index (Phi) is 3.52. The van der Waals surface area contributed by atoms with Crippen LogP contribution >= 0.6 is 15.9 Å². The molecule has 0 aliphatic rings. The Bertz CT molecular complexity index is 599. The first kappa shape index (κ1) is 12.8. The second kappa shape index (κ2) is 4.94. The lowest BCUT2D eigenvalue weighted by atomic mass is 10.2. The first-order valence-electron chi connectivity index (χ1n) is 5.42. The SMILES string of the molecule is Cc1cc(Br)c(F)cc1Nc1ncc(N)cc1C. The summed E-state index contributed by atoms with van der Waals surface area (Å²) in [5, 5.41) is 3.11. The Hall–Kier alpha value is -1.62. The van der Waals surface area contributed by atoms with E-state index in [1.54, 1.807) is 12.3 Å². The van der Waals surface area contributed by atoms with Crippen LogP contribution in [0.2, 0.25) is 0 Å². The van der Waals surface area contributed by atoms with E-state index in [-0.39, 0.29) is 5.82 Å². The number of halogens is 2.